The van der Waals surface area contributed by atoms with Gasteiger partial charge in [-0.2, -0.15) is 26.3 Å². The zero-order chi connectivity index (χ0) is 22.4. The highest BCUT2D eigenvalue weighted by molar-refractivity contribution is 5.79. The largest absolute Gasteiger partial charge is 0.468 e. The van der Waals surface area contributed by atoms with E-state index in [1.807, 2.05) is 0 Å². The lowest BCUT2D eigenvalue weighted by Gasteiger charge is -2.17. The van der Waals surface area contributed by atoms with Crippen LogP contribution in [0.25, 0.3) is 0 Å². The van der Waals surface area contributed by atoms with E-state index < -0.39 is 30.3 Å². The lowest BCUT2D eigenvalue weighted by molar-refractivity contribution is -0.154. The summed E-state index contributed by atoms with van der Waals surface area (Å²) < 4.78 is 94.1. The maximum atomic E-state index is 13.2. The molecule has 0 unspecified atom stereocenters. The van der Waals surface area contributed by atoms with Crippen molar-refractivity contribution in [2.24, 2.45) is 4.99 Å². The quantitative estimate of drug-likeness (QED) is 0.406. The van der Waals surface area contributed by atoms with Crippen LogP contribution in [-0.4, -0.2) is 30.8 Å². The third-order valence-electron chi connectivity index (χ3n) is 3.72. The molecule has 1 aromatic carbocycles. The van der Waals surface area contributed by atoms with Crippen molar-refractivity contribution in [3.63, 3.8) is 0 Å². The molecule has 0 saturated carbocycles. The molecule has 0 bridgehead atoms. The number of alkyl halides is 6. The molecular formula is C18H17F7N4O. The van der Waals surface area contributed by atoms with Gasteiger partial charge in [0.2, 0.25) is 5.88 Å². The van der Waals surface area contributed by atoms with Crippen LogP contribution in [0.3, 0.4) is 0 Å². The van der Waals surface area contributed by atoms with Crippen LogP contribution in [0.4, 0.5) is 30.7 Å². The first-order valence-corrected chi connectivity index (χ1v) is 8.43. The molecule has 1 heterocycles. The second-order valence-electron chi connectivity index (χ2n) is 5.95. The molecule has 0 amide bonds. The van der Waals surface area contributed by atoms with E-state index in [0.29, 0.717) is 6.07 Å². The number of hydrogen-bond donors (Lipinski definition) is 2. The van der Waals surface area contributed by atoms with E-state index in [1.54, 1.807) is 0 Å². The summed E-state index contributed by atoms with van der Waals surface area (Å²) in [4.78, 5) is 7.58. The number of benzene rings is 1. The van der Waals surface area contributed by atoms with Gasteiger partial charge in [-0.25, -0.2) is 9.37 Å². The van der Waals surface area contributed by atoms with Gasteiger partial charge in [-0.3, -0.25) is 4.99 Å². The zero-order valence-electron chi connectivity index (χ0n) is 15.5. The number of nitrogens with one attached hydrogen (secondary N) is 2. The standard InChI is InChI=1S/C18H17F7N4O/c1-26-16(28-8-11-4-5-13(19)7-14(11)18(23,24)25)29-9-12-3-2-6-27-15(12)30-10-17(20,21)22/h2-7H,8-10H2,1H3,(H2,26,28,29). The smallest absolute Gasteiger partial charge is 0.422 e. The molecule has 2 aromatic rings. The maximum absolute atomic E-state index is 13.2. The van der Waals surface area contributed by atoms with Crippen LogP contribution in [0.5, 0.6) is 5.88 Å². The van der Waals surface area contributed by atoms with Gasteiger partial charge >= 0.3 is 12.4 Å². The van der Waals surface area contributed by atoms with Gasteiger partial charge in [0, 0.05) is 31.9 Å². The van der Waals surface area contributed by atoms with Gasteiger partial charge in [-0.05, 0) is 23.8 Å². The summed E-state index contributed by atoms with van der Waals surface area (Å²) in [6, 6.07) is 5.26. The van der Waals surface area contributed by atoms with Gasteiger partial charge in [-0.1, -0.05) is 12.1 Å². The Morgan fingerprint density at radius 1 is 1.03 bits per heavy atom. The second kappa shape index (κ2) is 9.63. The number of hydrogen-bond acceptors (Lipinski definition) is 3. The number of ether oxygens (including phenoxy) is 1. The fourth-order valence-electron chi connectivity index (χ4n) is 2.38. The summed E-state index contributed by atoms with van der Waals surface area (Å²) in [5, 5.41) is 5.38. The summed E-state index contributed by atoms with van der Waals surface area (Å²) in [7, 11) is 1.36. The molecule has 12 heteroatoms. The Hall–Kier alpha value is -3.05. The Morgan fingerprint density at radius 3 is 2.30 bits per heavy atom. The van der Waals surface area contributed by atoms with E-state index in [0.717, 1.165) is 12.1 Å². The first-order valence-electron chi connectivity index (χ1n) is 8.43. The average molecular weight is 438 g/mol. The predicted molar refractivity (Wildman–Crippen MR) is 94.2 cm³/mol. The van der Waals surface area contributed by atoms with Crippen LogP contribution < -0.4 is 15.4 Å². The van der Waals surface area contributed by atoms with Crippen molar-refractivity contribution in [1.82, 2.24) is 15.6 Å². The topological polar surface area (TPSA) is 58.5 Å². The molecule has 0 spiro atoms. The molecule has 0 radical (unpaired) electrons. The van der Waals surface area contributed by atoms with Crippen molar-refractivity contribution in [2.75, 3.05) is 13.7 Å². The van der Waals surface area contributed by atoms with E-state index in [2.05, 4.69) is 25.3 Å². The lowest BCUT2D eigenvalue weighted by atomic mass is 10.1. The molecule has 0 aliphatic heterocycles. The number of halogens is 7. The Kier molecular flexibility index (Phi) is 7.46. The molecule has 0 atom stereocenters. The van der Waals surface area contributed by atoms with E-state index >= 15 is 0 Å². The summed E-state index contributed by atoms with van der Waals surface area (Å²) in [5.74, 6) is -1.19. The SMILES string of the molecule is CN=C(NCc1ccc(F)cc1C(F)(F)F)NCc1cccnc1OCC(F)(F)F. The first-order chi connectivity index (χ1) is 14.0. The third-order valence-corrected chi connectivity index (χ3v) is 3.72. The van der Waals surface area contributed by atoms with Crippen LogP contribution in [0.2, 0.25) is 0 Å². The average Bonchev–Trinajstić information content (AvgIpc) is 2.66. The number of nitrogens with zero attached hydrogens (tertiary/aromatic N) is 2. The van der Waals surface area contributed by atoms with E-state index in [-0.39, 0.29) is 36.1 Å². The normalized spacial score (nSPS) is 12.6. The van der Waals surface area contributed by atoms with E-state index in [4.69, 9.17) is 0 Å². The second-order valence-corrected chi connectivity index (χ2v) is 5.95. The third kappa shape index (κ3) is 7.08. The van der Waals surface area contributed by atoms with Crippen LogP contribution in [-0.2, 0) is 19.3 Å². The number of pyridine rings is 1. The van der Waals surface area contributed by atoms with Gasteiger partial charge in [0.25, 0.3) is 0 Å². The molecule has 0 aliphatic rings. The highest BCUT2D eigenvalue weighted by Crippen LogP contribution is 2.32. The Balaban J connectivity index is 2.02. The first kappa shape index (κ1) is 23.2. The number of aromatic nitrogens is 1. The van der Waals surface area contributed by atoms with Crippen molar-refractivity contribution < 1.29 is 35.5 Å². The minimum atomic E-state index is -4.74. The zero-order valence-corrected chi connectivity index (χ0v) is 15.5. The summed E-state index contributed by atoms with van der Waals surface area (Å²) >= 11 is 0. The van der Waals surface area contributed by atoms with Gasteiger partial charge in [0.1, 0.15) is 5.82 Å². The van der Waals surface area contributed by atoms with Gasteiger partial charge in [0.05, 0.1) is 5.56 Å². The molecule has 164 valence electrons. The van der Waals surface area contributed by atoms with Gasteiger partial charge in [0.15, 0.2) is 12.6 Å². The van der Waals surface area contributed by atoms with Crippen molar-refractivity contribution >= 4 is 5.96 Å². The molecule has 0 aliphatic carbocycles. The van der Waals surface area contributed by atoms with Crippen molar-refractivity contribution in [3.8, 4) is 5.88 Å². The fraction of sp³-hybridized carbons (Fsp3) is 0.333. The van der Waals surface area contributed by atoms with Crippen molar-refractivity contribution in [3.05, 3.63) is 59.0 Å². The molecule has 2 rings (SSSR count). The Morgan fingerprint density at radius 2 is 1.70 bits per heavy atom. The molecule has 2 N–H and O–H groups in total. The minimum Gasteiger partial charge on any atom is -0.468 e. The molecular weight excluding hydrogens is 421 g/mol. The molecule has 0 saturated heterocycles. The molecule has 1 aromatic heterocycles. The van der Waals surface area contributed by atoms with E-state index in [9.17, 15) is 30.7 Å². The highest BCUT2D eigenvalue weighted by atomic mass is 19.4. The predicted octanol–water partition coefficient (Wildman–Crippen LogP) is 4.05. The maximum Gasteiger partial charge on any atom is 0.422 e. The van der Waals surface area contributed by atoms with Crippen LogP contribution in [0, 0.1) is 5.82 Å². The van der Waals surface area contributed by atoms with Gasteiger partial charge in [-0.15, -0.1) is 0 Å². The molecule has 5 nitrogen and oxygen atoms in total. The summed E-state index contributed by atoms with van der Waals surface area (Å²) in [6.45, 7) is -1.90. The van der Waals surface area contributed by atoms with E-state index in [1.165, 1.54) is 25.4 Å². The van der Waals surface area contributed by atoms with Crippen LogP contribution >= 0.6 is 0 Å². The van der Waals surface area contributed by atoms with Crippen molar-refractivity contribution in [1.29, 1.82) is 0 Å². The minimum absolute atomic E-state index is 0.0593. The lowest BCUT2D eigenvalue weighted by Crippen LogP contribution is -2.37. The van der Waals surface area contributed by atoms with Crippen LogP contribution in [0.1, 0.15) is 16.7 Å². The van der Waals surface area contributed by atoms with Gasteiger partial charge < -0.3 is 15.4 Å². The highest BCUT2D eigenvalue weighted by Gasteiger charge is 2.33. The van der Waals surface area contributed by atoms with Crippen LogP contribution in [0.15, 0.2) is 41.5 Å². The Bertz CT molecular complexity index is 882. The number of guanidine groups is 1. The number of aliphatic imine (C=N–C) groups is 1. The summed E-state index contributed by atoms with van der Waals surface area (Å²) in [6.07, 6.45) is -8.02. The fourth-order valence-corrected chi connectivity index (χ4v) is 2.38. The number of rotatable bonds is 6. The monoisotopic (exact) mass is 438 g/mol. The summed E-state index contributed by atoms with van der Waals surface area (Å²) in [5.41, 5.74) is -1.05. The Labute approximate surface area is 167 Å². The van der Waals surface area contributed by atoms with Crippen molar-refractivity contribution in [2.45, 2.75) is 25.4 Å². The molecule has 0 fully saturated rings. The molecule has 30 heavy (non-hydrogen) atoms.